The molecule has 0 aromatic heterocycles. The number of para-hydroxylation sites is 1. The molecular weight excluding hydrogens is 456 g/mol. The molecule has 3 aromatic carbocycles. The normalized spacial score (nSPS) is 9.97. The summed E-state index contributed by atoms with van der Waals surface area (Å²) in [5, 5.41) is 11.1. The van der Waals surface area contributed by atoms with Gasteiger partial charge in [-0.2, -0.15) is 0 Å². The molecule has 0 heterocycles. The summed E-state index contributed by atoms with van der Waals surface area (Å²) in [4.78, 5) is 24.9. The quantitative estimate of drug-likeness (QED) is 0.369. The number of methoxy groups -OCH3 is 3. The second kappa shape index (κ2) is 11.5. The van der Waals surface area contributed by atoms with Gasteiger partial charge in [-0.15, -0.1) is 0 Å². The Morgan fingerprint density at radius 1 is 0.706 bits per heavy atom. The first-order valence-electron chi connectivity index (χ1n) is 10.1. The Kier molecular flexibility index (Phi) is 8.25. The highest BCUT2D eigenvalue weighted by molar-refractivity contribution is 7.80. The number of hydrogen-bond donors (Lipinski definition) is 4. The average Bonchev–Trinajstić information content (AvgIpc) is 2.83. The van der Waals surface area contributed by atoms with E-state index in [1.165, 1.54) is 33.5 Å². The van der Waals surface area contributed by atoms with Crippen LogP contribution in [0.4, 0.5) is 21.9 Å². The molecule has 0 aliphatic heterocycles. The van der Waals surface area contributed by atoms with E-state index >= 15 is 0 Å². The smallest absolute Gasteiger partial charge is 0.323 e. The van der Waals surface area contributed by atoms with Crippen LogP contribution < -0.4 is 35.5 Å². The number of hydrogen-bond acceptors (Lipinski definition) is 6. The maximum absolute atomic E-state index is 12.7. The highest BCUT2D eigenvalue weighted by Crippen LogP contribution is 2.38. The number of ether oxygens (including phenoxy) is 3. The fraction of sp³-hybridized carbons (Fsp3) is 0.125. The Morgan fingerprint density at radius 2 is 1.26 bits per heavy atom. The molecule has 176 valence electrons. The van der Waals surface area contributed by atoms with Crippen LogP contribution >= 0.6 is 12.2 Å². The zero-order valence-corrected chi connectivity index (χ0v) is 19.6. The SMILES string of the molecule is COc1cc(C(=O)NC(=S)Nc2cccc(NC(=O)Nc3ccccc3)c2)cc(OC)c1OC. The largest absolute Gasteiger partial charge is 0.493 e. The van der Waals surface area contributed by atoms with E-state index in [2.05, 4.69) is 21.3 Å². The van der Waals surface area contributed by atoms with Crippen molar-refractivity contribution in [1.29, 1.82) is 0 Å². The minimum Gasteiger partial charge on any atom is -0.493 e. The molecule has 0 radical (unpaired) electrons. The van der Waals surface area contributed by atoms with Crippen LogP contribution in [0.5, 0.6) is 17.2 Å². The van der Waals surface area contributed by atoms with Crippen LogP contribution in [-0.4, -0.2) is 38.4 Å². The standard InChI is InChI=1S/C24H24N4O5S/c1-31-19-12-15(13-20(32-2)21(19)33-3)22(29)28-24(34)27-18-11-7-10-17(14-18)26-23(30)25-16-8-5-4-6-9-16/h4-14H,1-3H3,(H2,25,26,30)(H2,27,28,29,34). The molecule has 9 nitrogen and oxygen atoms in total. The lowest BCUT2D eigenvalue weighted by Gasteiger charge is -2.15. The van der Waals surface area contributed by atoms with Crippen molar-refractivity contribution < 1.29 is 23.8 Å². The maximum Gasteiger partial charge on any atom is 0.323 e. The molecule has 34 heavy (non-hydrogen) atoms. The third-order valence-corrected chi connectivity index (χ3v) is 4.77. The summed E-state index contributed by atoms with van der Waals surface area (Å²) in [7, 11) is 4.41. The van der Waals surface area contributed by atoms with Gasteiger partial charge in [-0.25, -0.2) is 4.79 Å². The van der Waals surface area contributed by atoms with Gasteiger partial charge in [0.25, 0.3) is 5.91 Å². The van der Waals surface area contributed by atoms with Gasteiger partial charge in [0.2, 0.25) is 5.75 Å². The fourth-order valence-corrected chi connectivity index (χ4v) is 3.25. The number of carbonyl (C=O) groups excluding carboxylic acids is 2. The number of benzene rings is 3. The van der Waals surface area contributed by atoms with E-state index < -0.39 is 5.91 Å². The molecule has 0 unspecified atom stereocenters. The first-order chi connectivity index (χ1) is 16.4. The van der Waals surface area contributed by atoms with Crippen LogP contribution in [0.15, 0.2) is 66.7 Å². The molecule has 0 atom stereocenters. The van der Waals surface area contributed by atoms with Crippen molar-refractivity contribution in [1.82, 2.24) is 5.32 Å². The van der Waals surface area contributed by atoms with Crippen LogP contribution in [0, 0.1) is 0 Å². The number of rotatable bonds is 7. The van der Waals surface area contributed by atoms with Crippen LogP contribution in [-0.2, 0) is 0 Å². The summed E-state index contributed by atoms with van der Waals surface area (Å²) in [6.45, 7) is 0. The molecular formula is C24H24N4O5S. The van der Waals surface area contributed by atoms with Gasteiger partial charge in [-0.1, -0.05) is 24.3 Å². The molecule has 10 heteroatoms. The summed E-state index contributed by atoms with van der Waals surface area (Å²) in [5.74, 6) is 0.605. The summed E-state index contributed by atoms with van der Waals surface area (Å²) in [6.07, 6.45) is 0. The lowest BCUT2D eigenvalue weighted by Crippen LogP contribution is -2.34. The molecule has 0 spiro atoms. The van der Waals surface area contributed by atoms with Gasteiger partial charge in [0, 0.05) is 22.6 Å². The Balaban J connectivity index is 1.63. The van der Waals surface area contributed by atoms with E-state index in [1.807, 2.05) is 18.2 Å². The van der Waals surface area contributed by atoms with Crippen molar-refractivity contribution in [2.75, 3.05) is 37.3 Å². The second-order valence-corrected chi connectivity index (χ2v) is 7.26. The van der Waals surface area contributed by atoms with E-state index in [-0.39, 0.29) is 16.7 Å². The van der Waals surface area contributed by atoms with E-state index in [1.54, 1.807) is 36.4 Å². The molecule has 0 saturated carbocycles. The summed E-state index contributed by atoms with van der Waals surface area (Å²) in [5.41, 5.74) is 2.06. The Hall–Kier alpha value is -4.31. The van der Waals surface area contributed by atoms with Gasteiger partial charge in [0.15, 0.2) is 16.6 Å². The van der Waals surface area contributed by atoms with E-state index in [9.17, 15) is 9.59 Å². The molecule has 0 saturated heterocycles. The third-order valence-electron chi connectivity index (χ3n) is 4.56. The Bertz CT molecular complexity index is 1160. The molecule has 0 bridgehead atoms. The van der Waals surface area contributed by atoms with Crippen molar-refractivity contribution in [3.63, 3.8) is 0 Å². The molecule has 0 aliphatic rings. The zero-order chi connectivity index (χ0) is 24.5. The summed E-state index contributed by atoms with van der Waals surface area (Å²) in [6, 6.07) is 18.6. The van der Waals surface area contributed by atoms with Crippen molar-refractivity contribution in [3.8, 4) is 17.2 Å². The van der Waals surface area contributed by atoms with Crippen molar-refractivity contribution in [2.24, 2.45) is 0 Å². The predicted molar refractivity (Wildman–Crippen MR) is 135 cm³/mol. The maximum atomic E-state index is 12.7. The monoisotopic (exact) mass is 480 g/mol. The van der Waals surface area contributed by atoms with Crippen LogP contribution in [0.25, 0.3) is 0 Å². The topological polar surface area (TPSA) is 110 Å². The second-order valence-electron chi connectivity index (χ2n) is 6.85. The Morgan fingerprint density at radius 3 is 1.85 bits per heavy atom. The molecule has 3 rings (SSSR count). The average molecular weight is 481 g/mol. The first-order valence-corrected chi connectivity index (χ1v) is 10.5. The number of carbonyl (C=O) groups is 2. The number of urea groups is 1. The van der Waals surface area contributed by atoms with Crippen molar-refractivity contribution in [2.45, 2.75) is 0 Å². The Labute approximate surface area is 202 Å². The third kappa shape index (κ3) is 6.36. The van der Waals surface area contributed by atoms with E-state index in [0.29, 0.717) is 34.3 Å². The van der Waals surface area contributed by atoms with Gasteiger partial charge in [-0.3, -0.25) is 10.1 Å². The van der Waals surface area contributed by atoms with Crippen LogP contribution in [0.1, 0.15) is 10.4 Å². The van der Waals surface area contributed by atoms with Crippen molar-refractivity contribution >= 4 is 46.3 Å². The number of thiocarbonyl (C=S) groups is 1. The van der Waals surface area contributed by atoms with Gasteiger partial charge in [0.05, 0.1) is 21.3 Å². The summed E-state index contributed by atoms with van der Waals surface area (Å²) >= 11 is 5.27. The number of amides is 3. The first kappa shape index (κ1) is 24.3. The molecule has 0 aliphatic carbocycles. The highest BCUT2D eigenvalue weighted by Gasteiger charge is 2.17. The van der Waals surface area contributed by atoms with Crippen LogP contribution in [0.3, 0.4) is 0 Å². The van der Waals surface area contributed by atoms with Gasteiger partial charge >= 0.3 is 6.03 Å². The minimum absolute atomic E-state index is 0.0737. The van der Waals surface area contributed by atoms with Gasteiger partial charge in [-0.05, 0) is 54.7 Å². The molecule has 3 amide bonds. The van der Waals surface area contributed by atoms with Gasteiger partial charge < -0.3 is 30.2 Å². The van der Waals surface area contributed by atoms with Gasteiger partial charge in [0.1, 0.15) is 0 Å². The number of anilines is 3. The summed E-state index contributed by atoms with van der Waals surface area (Å²) < 4.78 is 15.8. The highest BCUT2D eigenvalue weighted by atomic mass is 32.1. The van der Waals surface area contributed by atoms with Crippen LogP contribution in [0.2, 0.25) is 0 Å². The molecule has 3 aromatic rings. The lowest BCUT2D eigenvalue weighted by atomic mass is 10.1. The predicted octanol–water partition coefficient (Wildman–Crippen LogP) is 4.48. The molecule has 4 N–H and O–H groups in total. The fourth-order valence-electron chi connectivity index (χ4n) is 3.04. The lowest BCUT2D eigenvalue weighted by molar-refractivity contribution is 0.0977. The van der Waals surface area contributed by atoms with E-state index in [0.717, 1.165) is 0 Å². The van der Waals surface area contributed by atoms with Crippen molar-refractivity contribution in [3.05, 3.63) is 72.3 Å². The molecule has 0 fully saturated rings. The zero-order valence-electron chi connectivity index (χ0n) is 18.8. The van der Waals surface area contributed by atoms with E-state index in [4.69, 9.17) is 26.4 Å². The number of nitrogens with one attached hydrogen (secondary N) is 4. The minimum atomic E-state index is -0.465.